The maximum absolute atomic E-state index is 15.3. The molecule has 5 heteroatoms. The van der Waals surface area contributed by atoms with Crippen LogP contribution >= 0.6 is 7.26 Å². The number of Topliss-reactive ketones (excluding diaryl/α,β-unsaturated/α-hetero) is 1. The summed E-state index contributed by atoms with van der Waals surface area (Å²) in [5.74, 6) is 0.150. The molecule has 2 aliphatic carbocycles. The Balaban J connectivity index is 1.19. The zero-order valence-electron chi connectivity index (χ0n) is 30.8. The van der Waals surface area contributed by atoms with Crippen molar-refractivity contribution in [2.24, 2.45) is 10.8 Å². The first-order chi connectivity index (χ1) is 26.3. The van der Waals surface area contributed by atoms with Crippen LogP contribution in [0.3, 0.4) is 0 Å². The second-order valence-corrected chi connectivity index (χ2v) is 21.3. The molecule has 6 aromatic rings. The summed E-state index contributed by atoms with van der Waals surface area (Å²) in [6.45, 7) is 4.71. The van der Waals surface area contributed by atoms with Crippen LogP contribution < -0.4 is 25.7 Å². The van der Waals surface area contributed by atoms with Crippen LogP contribution in [0.5, 0.6) is 0 Å². The maximum atomic E-state index is 15.3. The van der Waals surface area contributed by atoms with Gasteiger partial charge < -0.3 is 0 Å². The van der Waals surface area contributed by atoms with Crippen molar-refractivity contribution in [3.63, 3.8) is 0 Å². The molecule has 268 valence electrons. The monoisotopic (exact) mass is 790 g/mol. The number of carbonyl (C=O) groups excluding carboxylic acids is 2. The average molecular weight is 790 g/mol. The second-order valence-electron chi connectivity index (χ2n) is 14.8. The van der Waals surface area contributed by atoms with Crippen molar-refractivity contribution >= 4 is 65.4 Å². The van der Waals surface area contributed by atoms with Gasteiger partial charge in [-0.3, -0.25) is 0 Å². The zero-order valence-corrected chi connectivity index (χ0v) is 33.4. The van der Waals surface area contributed by atoms with Crippen LogP contribution in [0.25, 0.3) is 11.1 Å². The fraction of sp³-hybridized carbons (Fsp3) is 0.184. The van der Waals surface area contributed by atoms with E-state index in [2.05, 4.69) is 147 Å². The Kier molecular flexibility index (Phi) is 9.88. The Morgan fingerprint density at radius 3 is 1.46 bits per heavy atom. The van der Waals surface area contributed by atoms with Gasteiger partial charge in [-0.2, -0.15) is 0 Å². The number of fused-ring (bicyclic) bond motifs is 2. The van der Waals surface area contributed by atoms with Crippen LogP contribution in [-0.4, -0.2) is 39.4 Å². The number of allylic oxidation sites excluding steroid dienone is 2. The van der Waals surface area contributed by atoms with Crippen molar-refractivity contribution < 1.29 is 9.59 Å². The summed E-state index contributed by atoms with van der Waals surface area (Å²) in [6, 6.07) is 63.8. The van der Waals surface area contributed by atoms with Gasteiger partial charge in [0.05, 0.1) is 0 Å². The van der Waals surface area contributed by atoms with E-state index in [1.54, 1.807) is 0 Å². The number of carbonyl (C=O) groups is 2. The van der Waals surface area contributed by atoms with Crippen molar-refractivity contribution in [3.05, 3.63) is 193 Å². The minimum atomic E-state index is -2.06. The summed E-state index contributed by atoms with van der Waals surface area (Å²) in [7, 11) is -2.06. The molecule has 54 heavy (non-hydrogen) atoms. The molecule has 2 aliphatic rings. The number of nitrogens with one attached hydrogen (secondary N) is 1. The first-order valence-corrected chi connectivity index (χ1v) is 22.5. The second kappa shape index (κ2) is 14.8. The van der Waals surface area contributed by atoms with E-state index in [0.29, 0.717) is 13.0 Å². The van der Waals surface area contributed by atoms with Gasteiger partial charge in [0, 0.05) is 0 Å². The van der Waals surface area contributed by atoms with Gasteiger partial charge in [-0.05, 0) is 0 Å². The Labute approximate surface area is 326 Å². The molecule has 1 fully saturated rings. The quantitative estimate of drug-likeness (QED) is 0.0772. The molecule has 0 saturated heterocycles. The van der Waals surface area contributed by atoms with Crippen molar-refractivity contribution in [1.82, 2.24) is 5.32 Å². The van der Waals surface area contributed by atoms with Gasteiger partial charge in [0.1, 0.15) is 0 Å². The molecular weight excluding hydrogens is 744 g/mol. The van der Waals surface area contributed by atoms with Gasteiger partial charge in [0.25, 0.3) is 0 Å². The van der Waals surface area contributed by atoms with Crippen LogP contribution in [0.4, 0.5) is 0 Å². The number of hydrogen-bond acceptors (Lipinski definition) is 2. The molecule has 0 spiro atoms. The molecule has 1 amide bonds. The van der Waals surface area contributed by atoms with Crippen molar-refractivity contribution in [3.8, 4) is 0 Å². The van der Waals surface area contributed by atoms with Gasteiger partial charge in [-0.25, -0.2) is 0 Å². The molecule has 8 rings (SSSR count). The molecule has 3 atom stereocenters. The molecule has 0 radical (unpaired) electrons. The molecular formula is C49H45NO2PSe+. The number of benzene rings is 6. The van der Waals surface area contributed by atoms with E-state index in [1.807, 2.05) is 54.6 Å². The van der Waals surface area contributed by atoms with Gasteiger partial charge in [0.15, 0.2) is 0 Å². The van der Waals surface area contributed by atoms with E-state index in [9.17, 15) is 0 Å². The normalized spacial score (nSPS) is 22.0. The van der Waals surface area contributed by atoms with E-state index < -0.39 is 22.4 Å². The third-order valence-electron chi connectivity index (χ3n) is 11.7. The fourth-order valence-electron chi connectivity index (χ4n) is 9.36. The zero-order chi connectivity index (χ0) is 37.2. The van der Waals surface area contributed by atoms with E-state index in [-0.39, 0.29) is 26.6 Å². The van der Waals surface area contributed by atoms with E-state index in [4.69, 9.17) is 0 Å². The fourth-order valence-corrected chi connectivity index (χ4v) is 17.1. The standard InChI is InChI=1S/C49H44NO2PSe/c1-47-36-49(54-42-32-19-8-20-33-42,48(2,45(47)51)44(38-24-11-4-12-25-38)43(47)37-22-9-3-10-23-37)46(52)50-34-21-35-53(39-26-13-5-14-27-39,40-28-15-6-16-29-40)41-30-17-7-18-31-41/h3-20,22-33H,21,34-36H2,1-2H3/p+1. The van der Waals surface area contributed by atoms with Crippen molar-refractivity contribution in [2.75, 3.05) is 12.7 Å². The van der Waals surface area contributed by atoms with Crippen LogP contribution in [0.2, 0.25) is 4.31 Å². The first-order valence-electron chi connectivity index (χ1n) is 18.8. The van der Waals surface area contributed by atoms with Crippen molar-refractivity contribution in [2.45, 2.75) is 31.0 Å². The van der Waals surface area contributed by atoms with Crippen LogP contribution in [-0.2, 0) is 9.59 Å². The molecule has 0 aromatic heterocycles. The van der Waals surface area contributed by atoms with Crippen LogP contribution in [0.1, 0.15) is 37.8 Å². The number of ketones is 1. The number of amides is 1. The molecule has 1 saturated carbocycles. The SMILES string of the molecule is CC12CC([Se]c3ccccc3)(C(=O)NCCC[P+](c3ccccc3)(c3ccccc3)c3ccccc3)C(C)(C1=O)C(c1ccccc1)=C2c1ccccc1. The minimum absolute atomic E-state index is 0.00506. The van der Waals surface area contributed by atoms with Gasteiger partial charge in [-0.1, -0.05) is 0 Å². The molecule has 3 unspecified atom stereocenters. The summed E-state index contributed by atoms with van der Waals surface area (Å²) in [6.07, 6.45) is 2.18. The summed E-state index contributed by atoms with van der Waals surface area (Å²) in [5, 5.41) is 7.51. The number of hydrogen-bond donors (Lipinski definition) is 1. The summed E-state index contributed by atoms with van der Waals surface area (Å²) in [5.41, 5.74) is 2.30. The summed E-state index contributed by atoms with van der Waals surface area (Å²) >= 11 is -0.336. The molecule has 2 bridgehead atoms. The Morgan fingerprint density at radius 1 is 0.593 bits per heavy atom. The Hall–Kier alpha value is -4.85. The van der Waals surface area contributed by atoms with Gasteiger partial charge in [0.2, 0.25) is 0 Å². The summed E-state index contributed by atoms with van der Waals surface area (Å²) < 4.78 is 0.197. The molecule has 1 N–H and O–H groups in total. The van der Waals surface area contributed by atoms with Gasteiger partial charge >= 0.3 is 328 Å². The van der Waals surface area contributed by atoms with Crippen LogP contribution in [0, 0.1) is 10.8 Å². The Bertz CT molecular complexity index is 2190. The third-order valence-corrected chi connectivity index (χ3v) is 19.6. The third kappa shape index (κ3) is 5.84. The van der Waals surface area contributed by atoms with E-state index >= 15 is 9.59 Å². The predicted molar refractivity (Wildman–Crippen MR) is 228 cm³/mol. The molecule has 6 aromatic carbocycles. The topological polar surface area (TPSA) is 46.2 Å². The molecule has 0 heterocycles. The summed E-state index contributed by atoms with van der Waals surface area (Å²) in [4.78, 5) is 30.6. The molecule has 0 aliphatic heterocycles. The average Bonchev–Trinajstić information content (AvgIpc) is 3.52. The molecule has 3 nitrogen and oxygen atoms in total. The number of rotatable bonds is 12. The predicted octanol–water partition coefficient (Wildman–Crippen LogP) is 8.29. The van der Waals surface area contributed by atoms with E-state index in [1.165, 1.54) is 15.9 Å². The van der Waals surface area contributed by atoms with Gasteiger partial charge in [-0.15, -0.1) is 0 Å². The van der Waals surface area contributed by atoms with E-state index in [0.717, 1.165) is 39.3 Å². The van der Waals surface area contributed by atoms with Crippen molar-refractivity contribution in [1.29, 1.82) is 0 Å². The van der Waals surface area contributed by atoms with Crippen LogP contribution in [0.15, 0.2) is 182 Å². The Morgan fingerprint density at radius 2 is 1.00 bits per heavy atom. The first kappa shape index (κ1) is 36.1.